The second kappa shape index (κ2) is 29.6. The van der Waals surface area contributed by atoms with Gasteiger partial charge >= 0.3 is 17.9 Å². The number of esters is 1. The van der Waals surface area contributed by atoms with Crippen LogP contribution in [-0.4, -0.2) is 136 Å². The van der Waals surface area contributed by atoms with E-state index in [1.54, 1.807) is 26.8 Å². The number of aliphatic imine (C=N–C) groups is 1. The van der Waals surface area contributed by atoms with Crippen LogP contribution in [0.3, 0.4) is 0 Å². The van der Waals surface area contributed by atoms with Crippen molar-refractivity contribution in [2.75, 3.05) is 13.6 Å². The molecule has 1 aromatic carbocycles. The molecule has 0 bridgehead atoms. The first-order valence-corrected chi connectivity index (χ1v) is 23.6. The van der Waals surface area contributed by atoms with Crippen LogP contribution >= 0.6 is 0 Å². The van der Waals surface area contributed by atoms with Crippen LogP contribution in [0.1, 0.15) is 92.6 Å². The lowest BCUT2D eigenvalue weighted by atomic mass is 9.94. The Balaban J connectivity index is 2.72. The first-order chi connectivity index (χ1) is 33.7. The van der Waals surface area contributed by atoms with Crippen LogP contribution in [0.5, 0.6) is 0 Å². The van der Waals surface area contributed by atoms with Crippen molar-refractivity contribution in [2.45, 2.75) is 136 Å². The molecule has 0 aromatic heterocycles. The molecule has 1 fully saturated rings. The number of carbonyl (C=O) groups excluding carboxylic acids is 8. The van der Waals surface area contributed by atoms with Gasteiger partial charge in [-0.15, -0.1) is 0 Å². The number of likely N-dealkylation sites (N-methyl/N-ethyl adjacent to an activating group) is 1. The smallest absolute Gasteiger partial charge is 0.326 e. The molecule has 0 radical (unpaired) electrons. The summed E-state index contributed by atoms with van der Waals surface area (Å²) in [6.07, 6.45) is 2.83. The van der Waals surface area contributed by atoms with Crippen molar-refractivity contribution in [3.8, 4) is 0 Å². The summed E-state index contributed by atoms with van der Waals surface area (Å²) in [5, 5.41) is 35.1. The normalized spacial score (nSPS) is 24.0. The van der Waals surface area contributed by atoms with Crippen molar-refractivity contribution in [3.63, 3.8) is 0 Å². The highest BCUT2D eigenvalue weighted by atomic mass is 16.5. The third-order valence-electron chi connectivity index (χ3n) is 11.5. The van der Waals surface area contributed by atoms with Crippen LogP contribution < -0.4 is 43.4 Å². The number of allylic oxidation sites excluding steroid dienone is 2. The van der Waals surface area contributed by atoms with Gasteiger partial charge in [-0.1, -0.05) is 88.4 Å². The van der Waals surface area contributed by atoms with Crippen molar-refractivity contribution in [3.05, 3.63) is 72.0 Å². The molecule has 396 valence electrons. The van der Waals surface area contributed by atoms with Crippen LogP contribution in [0, 0.1) is 17.8 Å². The SMILES string of the molecule is C=C1C(=O)N[C@H](C)C(=O)N[C@@H](CC(C)C)C(=O)N[C@@H](C(=O)O)CC(=O)N[C@@H](CCCN=C(N)N)C(=O)N[C@@H](C=CC(C)=C[C@H](C)[C@@H](Cc2ccccc2)OC(C)=O)[C@H](C)C(=O)N[C@H](C(=O)O)CCC(=O)N1C. The number of nitrogens with one attached hydrogen (secondary N) is 6. The van der Waals surface area contributed by atoms with E-state index in [1.165, 1.54) is 33.9 Å². The quantitative estimate of drug-likeness (QED) is 0.0282. The molecule has 1 saturated heterocycles. The van der Waals surface area contributed by atoms with E-state index < -0.39 is 132 Å². The lowest BCUT2D eigenvalue weighted by molar-refractivity contribution is -0.148. The molecule has 0 unspecified atom stereocenters. The Morgan fingerprint density at radius 1 is 0.847 bits per heavy atom. The summed E-state index contributed by atoms with van der Waals surface area (Å²) in [6.45, 7) is 14.7. The molecule has 0 spiro atoms. The van der Waals surface area contributed by atoms with E-state index in [9.17, 15) is 58.2 Å². The fraction of sp³-hybridized carbons (Fsp3) is 0.531. The highest BCUT2D eigenvalue weighted by Gasteiger charge is 2.34. The third-order valence-corrected chi connectivity index (χ3v) is 11.5. The number of nitrogens with zero attached hydrogens (tertiary/aromatic N) is 2. The first-order valence-electron chi connectivity index (χ1n) is 23.6. The maximum atomic E-state index is 14.3. The number of nitrogens with two attached hydrogens (primary N) is 2. The van der Waals surface area contributed by atoms with Gasteiger partial charge in [-0.2, -0.15) is 0 Å². The highest BCUT2D eigenvalue weighted by molar-refractivity contribution is 6.00. The van der Waals surface area contributed by atoms with E-state index in [4.69, 9.17) is 16.2 Å². The van der Waals surface area contributed by atoms with Gasteiger partial charge in [-0.25, -0.2) is 9.59 Å². The number of carbonyl (C=O) groups is 10. The lowest BCUT2D eigenvalue weighted by Crippen LogP contribution is -2.57. The number of hydrogen-bond acceptors (Lipinski definition) is 12. The Kier molecular flexibility index (Phi) is 24.9. The van der Waals surface area contributed by atoms with E-state index in [2.05, 4.69) is 43.5 Å². The van der Waals surface area contributed by atoms with Crippen molar-refractivity contribution in [1.82, 2.24) is 36.8 Å². The van der Waals surface area contributed by atoms with Crippen LogP contribution in [0.4, 0.5) is 0 Å². The molecule has 23 heteroatoms. The molecule has 1 aliphatic heterocycles. The Morgan fingerprint density at radius 2 is 1.46 bits per heavy atom. The van der Waals surface area contributed by atoms with Gasteiger partial charge in [0.05, 0.1) is 18.4 Å². The zero-order valence-electron chi connectivity index (χ0n) is 42.2. The van der Waals surface area contributed by atoms with E-state index in [1.807, 2.05) is 43.3 Å². The van der Waals surface area contributed by atoms with E-state index in [-0.39, 0.29) is 43.6 Å². The molecular weight excluding hydrogens is 937 g/mol. The Hall–Kier alpha value is -7.59. The Morgan fingerprint density at radius 3 is 2.04 bits per heavy atom. The largest absolute Gasteiger partial charge is 0.480 e. The van der Waals surface area contributed by atoms with Gasteiger partial charge in [0.25, 0.3) is 5.91 Å². The minimum absolute atomic E-state index is 0.00109. The van der Waals surface area contributed by atoms with Crippen molar-refractivity contribution in [1.29, 1.82) is 0 Å². The molecule has 1 heterocycles. The second-order valence-corrected chi connectivity index (χ2v) is 18.2. The maximum Gasteiger partial charge on any atom is 0.326 e. The van der Waals surface area contributed by atoms with E-state index in [0.717, 1.165) is 10.5 Å². The van der Waals surface area contributed by atoms with E-state index in [0.29, 0.717) is 12.0 Å². The number of benzene rings is 1. The molecule has 1 aliphatic rings. The minimum Gasteiger partial charge on any atom is -0.480 e. The number of aliphatic carboxylic acids is 2. The second-order valence-electron chi connectivity index (χ2n) is 18.2. The van der Waals surface area contributed by atoms with Gasteiger partial charge in [0.15, 0.2) is 5.96 Å². The van der Waals surface area contributed by atoms with Gasteiger partial charge in [0.1, 0.15) is 42.0 Å². The fourth-order valence-corrected chi connectivity index (χ4v) is 7.32. The zero-order valence-corrected chi connectivity index (χ0v) is 42.2. The predicted molar refractivity (Wildman–Crippen MR) is 265 cm³/mol. The predicted octanol–water partition coefficient (Wildman–Crippen LogP) is 0.289. The summed E-state index contributed by atoms with van der Waals surface area (Å²) >= 11 is 0. The van der Waals surface area contributed by atoms with Gasteiger partial charge in [0.2, 0.25) is 35.4 Å². The van der Waals surface area contributed by atoms with Crippen LogP contribution in [0.2, 0.25) is 0 Å². The summed E-state index contributed by atoms with van der Waals surface area (Å²) < 4.78 is 5.67. The summed E-state index contributed by atoms with van der Waals surface area (Å²) in [4.78, 5) is 137. The highest BCUT2D eigenvalue weighted by Crippen LogP contribution is 2.19. The average molecular weight is 1010 g/mol. The van der Waals surface area contributed by atoms with Gasteiger partial charge < -0.3 is 63.2 Å². The minimum atomic E-state index is -1.87. The Labute approximate surface area is 419 Å². The van der Waals surface area contributed by atoms with Gasteiger partial charge in [0, 0.05) is 39.3 Å². The molecule has 72 heavy (non-hydrogen) atoms. The topological polar surface area (TPSA) is 360 Å². The summed E-state index contributed by atoms with van der Waals surface area (Å²) in [5.74, 6) is -12.0. The van der Waals surface area contributed by atoms with Crippen LogP contribution in [-0.2, 0) is 59.1 Å². The number of hydrogen-bond donors (Lipinski definition) is 10. The number of rotatable bonds is 15. The van der Waals surface area contributed by atoms with Crippen molar-refractivity contribution < 1.29 is 62.9 Å². The monoisotopic (exact) mass is 1010 g/mol. The number of ether oxygens (including phenoxy) is 1. The van der Waals surface area contributed by atoms with Gasteiger partial charge in [-0.3, -0.25) is 43.3 Å². The molecule has 0 aliphatic carbocycles. The van der Waals surface area contributed by atoms with Gasteiger partial charge in [-0.05, 0) is 51.0 Å². The summed E-state index contributed by atoms with van der Waals surface area (Å²) in [7, 11) is 1.20. The average Bonchev–Trinajstić information content (AvgIpc) is 3.30. The van der Waals surface area contributed by atoms with Crippen LogP contribution in [0.25, 0.3) is 0 Å². The zero-order chi connectivity index (χ0) is 54.4. The van der Waals surface area contributed by atoms with Crippen molar-refractivity contribution >= 4 is 65.2 Å². The summed E-state index contributed by atoms with van der Waals surface area (Å²) in [6, 6.07) is 0.514. The molecule has 9 atom stereocenters. The Bertz CT molecular complexity index is 2230. The van der Waals surface area contributed by atoms with Crippen molar-refractivity contribution in [2.24, 2.45) is 34.2 Å². The fourth-order valence-electron chi connectivity index (χ4n) is 7.32. The molecule has 23 nitrogen and oxygen atoms in total. The number of carboxylic acid groups (broad SMARTS) is 2. The molecule has 2 rings (SSSR count). The number of amides is 7. The molecule has 7 amide bonds. The number of carboxylic acids is 2. The first kappa shape index (κ1) is 60.5. The standard InChI is InChI=1S/C49H72N10O13/c1-26(2)22-37-46(67)58-38(48(70)71)25-40(61)54-35(16-13-21-52-49(50)51)45(66)55-34(18-17-27(3)23-28(4)39(72-32(8)60)24-33-14-11-10-12-15-33)29(5)42(63)56-36(47(68)69)19-20-41(62)59(9)31(7)44(65)53-30(6)43(64)57-37/h10-12,14-15,17-18,23,26,28-30,34-39H,7,13,16,19-22,24-25H2,1-6,8-9H3,(H,53,65)(H,54,61)(H,55,66)(H,56,63)(H,57,64)(H,58,67)(H,68,69)(H,70,71)(H4,50,51,52)/t28-,29-,30+,34-,35-,36-,37-,38+,39+/m0/s1. The summed E-state index contributed by atoms with van der Waals surface area (Å²) in [5.41, 5.74) is 12.1. The molecule has 0 saturated carbocycles. The van der Waals surface area contributed by atoms with Crippen LogP contribution in [0.15, 0.2) is 71.4 Å². The molecular formula is C49H72N10O13. The van der Waals surface area contributed by atoms with E-state index >= 15 is 0 Å². The third kappa shape index (κ3) is 21.2. The number of guanidine groups is 1. The lowest BCUT2D eigenvalue weighted by Gasteiger charge is -2.27. The molecule has 12 N–H and O–H groups in total. The maximum absolute atomic E-state index is 14.3. The molecule has 1 aromatic rings.